The standard InChI is InChI=1S/C12H16N2O3/c1-8-5-4-6-10(7-8)14(3)12(17)13-9(2)11(15)16/h4-7,9H,1-3H3,(H,13,17)(H,15,16). The predicted octanol–water partition coefficient (Wildman–Crippen LogP) is 1.61. The summed E-state index contributed by atoms with van der Waals surface area (Å²) >= 11 is 0. The minimum absolute atomic E-state index is 0.439. The molecule has 0 spiro atoms. The molecule has 1 rings (SSSR count). The van der Waals surface area contributed by atoms with Crippen LogP contribution < -0.4 is 10.2 Å². The Labute approximate surface area is 100 Å². The van der Waals surface area contributed by atoms with Crippen LogP contribution in [0, 0.1) is 6.92 Å². The summed E-state index contributed by atoms with van der Waals surface area (Å²) in [6.07, 6.45) is 0. The first-order valence-corrected chi connectivity index (χ1v) is 5.25. The molecule has 5 nitrogen and oxygen atoms in total. The average molecular weight is 236 g/mol. The molecule has 0 aromatic heterocycles. The van der Waals surface area contributed by atoms with Gasteiger partial charge in [0, 0.05) is 12.7 Å². The Balaban J connectivity index is 2.73. The fourth-order valence-electron chi connectivity index (χ4n) is 1.30. The first-order valence-electron chi connectivity index (χ1n) is 5.25. The largest absolute Gasteiger partial charge is 0.480 e. The van der Waals surface area contributed by atoms with Crippen molar-refractivity contribution in [3.63, 3.8) is 0 Å². The van der Waals surface area contributed by atoms with E-state index in [2.05, 4.69) is 5.32 Å². The van der Waals surface area contributed by atoms with Crippen molar-refractivity contribution in [1.29, 1.82) is 0 Å². The molecule has 17 heavy (non-hydrogen) atoms. The number of hydrogen-bond acceptors (Lipinski definition) is 2. The van der Waals surface area contributed by atoms with Crippen molar-refractivity contribution in [2.45, 2.75) is 19.9 Å². The van der Waals surface area contributed by atoms with Gasteiger partial charge in [0.05, 0.1) is 0 Å². The fraction of sp³-hybridized carbons (Fsp3) is 0.333. The lowest BCUT2D eigenvalue weighted by Gasteiger charge is -2.20. The van der Waals surface area contributed by atoms with Crippen LogP contribution in [0.4, 0.5) is 10.5 Å². The molecule has 92 valence electrons. The highest BCUT2D eigenvalue weighted by Gasteiger charge is 2.17. The van der Waals surface area contributed by atoms with Crippen LogP contribution in [0.2, 0.25) is 0 Å². The van der Waals surface area contributed by atoms with E-state index < -0.39 is 18.0 Å². The van der Waals surface area contributed by atoms with Gasteiger partial charge in [0.25, 0.3) is 0 Å². The number of hydrogen-bond donors (Lipinski definition) is 2. The smallest absolute Gasteiger partial charge is 0.325 e. The maximum absolute atomic E-state index is 11.7. The Morgan fingerprint density at radius 1 is 1.41 bits per heavy atom. The van der Waals surface area contributed by atoms with Crippen molar-refractivity contribution >= 4 is 17.7 Å². The molecular formula is C12H16N2O3. The van der Waals surface area contributed by atoms with Crippen LogP contribution in [0.1, 0.15) is 12.5 Å². The van der Waals surface area contributed by atoms with Gasteiger partial charge in [0.1, 0.15) is 6.04 Å². The molecule has 0 saturated heterocycles. The summed E-state index contributed by atoms with van der Waals surface area (Å²) in [4.78, 5) is 23.7. The van der Waals surface area contributed by atoms with Crippen LogP contribution in [0.3, 0.4) is 0 Å². The minimum atomic E-state index is -1.06. The molecule has 2 amide bonds. The number of urea groups is 1. The Morgan fingerprint density at radius 3 is 2.59 bits per heavy atom. The number of amides is 2. The monoisotopic (exact) mass is 236 g/mol. The van der Waals surface area contributed by atoms with Crippen molar-refractivity contribution in [3.8, 4) is 0 Å². The Morgan fingerprint density at radius 2 is 2.06 bits per heavy atom. The van der Waals surface area contributed by atoms with E-state index in [4.69, 9.17) is 5.11 Å². The minimum Gasteiger partial charge on any atom is -0.480 e. The lowest BCUT2D eigenvalue weighted by Crippen LogP contribution is -2.45. The van der Waals surface area contributed by atoms with Gasteiger partial charge in [-0.05, 0) is 31.5 Å². The number of nitrogens with zero attached hydrogens (tertiary/aromatic N) is 1. The number of aliphatic carboxylic acids is 1. The predicted molar refractivity (Wildman–Crippen MR) is 65.2 cm³/mol. The number of benzene rings is 1. The van der Waals surface area contributed by atoms with Crippen LogP contribution in [0.25, 0.3) is 0 Å². The Bertz CT molecular complexity index is 432. The van der Waals surface area contributed by atoms with Crippen molar-refractivity contribution in [2.24, 2.45) is 0 Å². The number of carboxylic acids is 1. The third-order valence-corrected chi connectivity index (χ3v) is 2.40. The van der Waals surface area contributed by atoms with Gasteiger partial charge in [-0.1, -0.05) is 12.1 Å². The summed E-state index contributed by atoms with van der Waals surface area (Å²) in [5, 5.41) is 11.1. The molecule has 0 fully saturated rings. The molecule has 0 aliphatic carbocycles. The number of anilines is 1. The molecule has 0 radical (unpaired) electrons. The van der Waals surface area contributed by atoms with Gasteiger partial charge >= 0.3 is 12.0 Å². The number of carboxylic acid groups (broad SMARTS) is 1. The van der Waals surface area contributed by atoms with Crippen molar-refractivity contribution < 1.29 is 14.7 Å². The van der Waals surface area contributed by atoms with Gasteiger partial charge in [-0.25, -0.2) is 4.79 Å². The second kappa shape index (κ2) is 5.34. The van der Waals surface area contributed by atoms with E-state index in [-0.39, 0.29) is 0 Å². The van der Waals surface area contributed by atoms with Gasteiger partial charge in [-0.15, -0.1) is 0 Å². The van der Waals surface area contributed by atoms with Gasteiger partial charge in [-0.2, -0.15) is 0 Å². The summed E-state index contributed by atoms with van der Waals surface area (Å²) in [7, 11) is 1.60. The molecule has 2 N–H and O–H groups in total. The van der Waals surface area contributed by atoms with Crippen LogP contribution in [-0.2, 0) is 4.79 Å². The second-order valence-corrected chi connectivity index (χ2v) is 3.91. The molecule has 0 aliphatic heterocycles. The van der Waals surface area contributed by atoms with Crippen molar-refractivity contribution in [2.75, 3.05) is 11.9 Å². The molecular weight excluding hydrogens is 220 g/mol. The second-order valence-electron chi connectivity index (χ2n) is 3.91. The SMILES string of the molecule is Cc1cccc(N(C)C(=O)NC(C)C(=O)O)c1. The molecule has 0 heterocycles. The summed E-state index contributed by atoms with van der Waals surface area (Å²) in [5.41, 5.74) is 1.76. The molecule has 1 atom stereocenters. The van der Waals surface area contributed by atoms with E-state index in [0.717, 1.165) is 11.3 Å². The molecule has 1 aromatic rings. The maximum Gasteiger partial charge on any atom is 0.325 e. The molecule has 0 bridgehead atoms. The number of rotatable bonds is 3. The van der Waals surface area contributed by atoms with E-state index in [1.54, 1.807) is 13.1 Å². The number of nitrogens with one attached hydrogen (secondary N) is 1. The van der Waals surface area contributed by atoms with Crippen molar-refractivity contribution in [1.82, 2.24) is 5.32 Å². The zero-order chi connectivity index (χ0) is 13.0. The highest BCUT2D eigenvalue weighted by atomic mass is 16.4. The summed E-state index contributed by atoms with van der Waals surface area (Å²) in [5.74, 6) is -1.06. The normalized spacial score (nSPS) is 11.7. The lowest BCUT2D eigenvalue weighted by atomic mass is 10.2. The molecule has 1 unspecified atom stereocenters. The van der Waals surface area contributed by atoms with E-state index in [1.165, 1.54) is 11.8 Å². The Hall–Kier alpha value is -2.04. The number of carbonyl (C=O) groups is 2. The fourth-order valence-corrected chi connectivity index (χ4v) is 1.30. The molecule has 1 aromatic carbocycles. The topological polar surface area (TPSA) is 69.6 Å². The highest BCUT2D eigenvalue weighted by molar-refractivity contribution is 5.93. The van der Waals surface area contributed by atoms with Crippen LogP contribution in [-0.4, -0.2) is 30.2 Å². The van der Waals surface area contributed by atoms with E-state index in [1.807, 2.05) is 25.1 Å². The van der Waals surface area contributed by atoms with Gasteiger partial charge in [0.15, 0.2) is 0 Å². The van der Waals surface area contributed by atoms with Gasteiger partial charge in [0.2, 0.25) is 0 Å². The maximum atomic E-state index is 11.7. The quantitative estimate of drug-likeness (QED) is 0.837. The van der Waals surface area contributed by atoms with Crippen molar-refractivity contribution in [3.05, 3.63) is 29.8 Å². The van der Waals surface area contributed by atoms with Crippen LogP contribution >= 0.6 is 0 Å². The molecule has 0 saturated carbocycles. The molecule has 5 heteroatoms. The van der Waals surface area contributed by atoms with Gasteiger partial charge in [-0.3, -0.25) is 9.69 Å². The van der Waals surface area contributed by atoms with Crippen LogP contribution in [0.15, 0.2) is 24.3 Å². The number of aryl methyl sites for hydroxylation is 1. The Kier molecular flexibility index (Phi) is 4.09. The zero-order valence-corrected chi connectivity index (χ0v) is 10.1. The third-order valence-electron chi connectivity index (χ3n) is 2.40. The molecule has 0 aliphatic rings. The van der Waals surface area contributed by atoms with E-state index in [0.29, 0.717) is 0 Å². The highest BCUT2D eigenvalue weighted by Crippen LogP contribution is 2.14. The van der Waals surface area contributed by atoms with Gasteiger partial charge < -0.3 is 10.4 Å². The van der Waals surface area contributed by atoms with E-state index >= 15 is 0 Å². The first-order chi connectivity index (χ1) is 7.91. The van der Waals surface area contributed by atoms with E-state index in [9.17, 15) is 9.59 Å². The summed E-state index contributed by atoms with van der Waals surface area (Å²) in [6.45, 7) is 3.35. The summed E-state index contributed by atoms with van der Waals surface area (Å²) < 4.78 is 0. The number of carbonyl (C=O) groups excluding carboxylic acids is 1. The van der Waals surface area contributed by atoms with Crippen LogP contribution in [0.5, 0.6) is 0 Å². The average Bonchev–Trinajstić information content (AvgIpc) is 2.27. The first kappa shape index (κ1) is 13.0. The zero-order valence-electron chi connectivity index (χ0n) is 10.1. The lowest BCUT2D eigenvalue weighted by molar-refractivity contribution is -0.138. The summed E-state index contributed by atoms with van der Waals surface area (Å²) in [6, 6.07) is 6.06. The third kappa shape index (κ3) is 3.48.